The van der Waals surface area contributed by atoms with Crippen LogP contribution in [0.5, 0.6) is 0 Å². The van der Waals surface area contributed by atoms with Crippen molar-refractivity contribution in [3.05, 3.63) is 0 Å². The predicted molar refractivity (Wildman–Crippen MR) is 100 cm³/mol. The summed E-state index contributed by atoms with van der Waals surface area (Å²) in [4.78, 5) is 4.23. The van der Waals surface area contributed by atoms with Crippen LogP contribution in [0.2, 0.25) is 0 Å². The van der Waals surface area contributed by atoms with Gasteiger partial charge in [-0.25, -0.2) is 0 Å². The van der Waals surface area contributed by atoms with Crippen LogP contribution in [0.4, 0.5) is 0 Å². The molecule has 0 amide bonds. The molecule has 7 heteroatoms. The lowest BCUT2D eigenvalue weighted by molar-refractivity contribution is 0.0243. The third-order valence-corrected chi connectivity index (χ3v) is 3.59. The molecular formula is C15H32IN3O3. The number of nitrogens with zero attached hydrogens (tertiary/aromatic N) is 1. The zero-order valence-electron chi connectivity index (χ0n) is 14.2. The fraction of sp³-hybridized carbons (Fsp3) is 0.933. The number of halogens is 1. The minimum atomic E-state index is -0.0488. The quantitative estimate of drug-likeness (QED) is 0.240. The number of methoxy groups -OCH3 is 1. The Labute approximate surface area is 151 Å². The van der Waals surface area contributed by atoms with Crippen LogP contribution in [0.15, 0.2) is 4.99 Å². The van der Waals surface area contributed by atoms with E-state index < -0.39 is 0 Å². The van der Waals surface area contributed by atoms with Gasteiger partial charge in [-0.05, 0) is 32.6 Å². The molecule has 0 spiro atoms. The summed E-state index contributed by atoms with van der Waals surface area (Å²) >= 11 is 0. The minimum Gasteiger partial charge on any atom is -0.382 e. The maximum absolute atomic E-state index is 5.75. The van der Waals surface area contributed by atoms with Crippen LogP contribution < -0.4 is 10.6 Å². The van der Waals surface area contributed by atoms with E-state index in [0.717, 1.165) is 57.9 Å². The van der Waals surface area contributed by atoms with Crippen molar-refractivity contribution in [3.63, 3.8) is 0 Å². The molecule has 1 aliphatic rings. The lowest BCUT2D eigenvalue weighted by atomic mass is 10.0. The maximum atomic E-state index is 5.75. The molecule has 0 bridgehead atoms. The van der Waals surface area contributed by atoms with Gasteiger partial charge in [0.25, 0.3) is 0 Å². The first kappa shape index (κ1) is 21.9. The zero-order chi connectivity index (χ0) is 15.4. The van der Waals surface area contributed by atoms with Gasteiger partial charge >= 0.3 is 0 Å². The first-order valence-corrected chi connectivity index (χ1v) is 7.85. The van der Waals surface area contributed by atoms with E-state index in [-0.39, 0.29) is 29.6 Å². The first-order chi connectivity index (χ1) is 10.2. The second kappa shape index (κ2) is 13.3. The second-order valence-corrected chi connectivity index (χ2v) is 5.57. The van der Waals surface area contributed by atoms with E-state index in [1.807, 2.05) is 0 Å². The number of unbranched alkanes of at least 4 members (excludes halogenated alkanes) is 1. The van der Waals surface area contributed by atoms with Gasteiger partial charge in [-0.15, -0.1) is 24.0 Å². The lowest BCUT2D eigenvalue weighted by Gasteiger charge is -2.24. The van der Waals surface area contributed by atoms with Crippen LogP contribution in [-0.4, -0.2) is 65.2 Å². The lowest BCUT2D eigenvalue weighted by Crippen LogP contribution is -2.45. The summed E-state index contributed by atoms with van der Waals surface area (Å²) in [5.74, 6) is 0.840. The molecule has 0 aromatic heterocycles. The monoisotopic (exact) mass is 429 g/mol. The van der Waals surface area contributed by atoms with Gasteiger partial charge in [0, 0.05) is 40.5 Å². The van der Waals surface area contributed by atoms with Crippen molar-refractivity contribution in [1.29, 1.82) is 0 Å². The van der Waals surface area contributed by atoms with Gasteiger partial charge in [0.05, 0.1) is 18.8 Å². The molecular weight excluding hydrogens is 397 g/mol. The number of hydrogen-bond donors (Lipinski definition) is 2. The van der Waals surface area contributed by atoms with Crippen molar-refractivity contribution in [2.45, 2.75) is 38.2 Å². The van der Waals surface area contributed by atoms with Crippen molar-refractivity contribution in [3.8, 4) is 0 Å². The molecule has 1 aliphatic heterocycles. The molecule has 1 atom stereocenters. The molecule has 0 aromatic carbocycles. The Morgan fingerprint density at radius 2 is 2.05 bits per heavy atom. The van der Waals surface area contributed by atoms with E-state index in [4.69, 9.17) is 14.2 Å². The summed E-state index contributed by atoms with van der Waals surface area (Å²) in [6.45, 7) is 6.83. The molecule has 1 unspecified atom stereocenters. The third kappa shape index (κ3) is 9.81. The number of rotatable bonds is 10. The summed E-state index contributed by atoms with van der Waals surface area (Å²) < 4.78 is 16.1. The SMILES string of the molecule is CN=C(NCCCCOCCOC)NCC1(C)CCCO1.I. The largest absolute Gasteiger partial charge is 0.382 e. The van der Waals surface area contributed by atoms with E-state index >= 15 is 0 Å². The Morgan fingerprint density at radius 3 is 2.68 bits per heavy atom. The highest BCUT2D eigenvalue weighted by molar-refractivity contribution is 14.0. The van der Waals surface area contributed by atoms with Gasteiger partial charge in [0.15, 0.2) is 5.96 Å². The molecule has 1 saturated heterocycles. The molecule has 0 radical (unpaired) electrons. The summed E-state index contributed by atoms with van der Waals surface area (Å²) in [6.07, 6.45) is 4.35. The van der Waals surface area contributed by atoms with Crippen molar-refractivity contribution >= 4 is 29.9 Å². The number of hydrogen-bond acceptors (Lipinski definition) is 4. The Balaban J connectivity index is 0.00000441. The fourth-order valence-electron chi connectivity index (χ4n) is 2.25. The molecule has 1 heterocycles. The van der Waals surface area contributed by atoms with E-state index in [1.54, 1.807) is 14.2 Å². The van der Waals surface area contributed by atoms with Crippen LogP contribution >= 0.6 is 24.0 Å². The molecule has 22 heavy (non-hydrogen) atoms. The highest BCUT2D eigenvalue weighted by Crippen LogP contribution is 2.23. The predicted octanol–water partition coefficient (Wildman–Crippen LogP) is 1.78. The summed E-state index contributed by atoms with van der Waals surface area (Å²) in [5, 5.41) is 6.65. The molecule has 1 rings (SSSR count). The summed E-state index contributed by atoms with van der Waals surface area (Å²) in [7, 11) is 3.48. The van der Waals surface area contributed by atoms with Gasteiger partial charge in [-0.2, -0.15) is 0 Å². The Morgan fingerprint density at radius 1 is 1.23 bits per heavy atom. The first-order valence-electron chi connectivity index (χ1n) is 7.85. The van der Waals surface area contributed by atoms with Crippen molar-refractivity contribution in [2.24, 2.45) is 4.99 Å². The smallest absolute Gasteiger partial charge is 0.191 e. The van der Waals surface area contributed by atoms with Crippen LogP contribution in [0.25, 0.3) is 0 Å². The number of guanidine groups is 1. The molecule has 0 aliphatic carbocycles. The fourth-order valence-corrected chi connectivity index (χ4v) is 2.25. The highest BCUT2D eigenvalue weighted by Gasteiger charge is 2.29. The molecule has 0 aromatic rings. The molecule has 2 N–H and O–H groups in total. The Kier molecular flexibility index (Phi) is 13.3. The van der Waals surface area contributed by atoms with Crippen molar-refractivity contribution in [1.82, 2.24) is 10.6 Å². The summed E-state index contributed by atoms with van der Waals surface area (Å²) in [5.41, 5.74) is -0.0488. The number of aliphatic imine (C=N–C) groups is 1. The van der Waals surface area contributed by atoms with E-state index in [1.165, 1.54) is 0 Å². The van der Waals surface area contributed by atoms with Crippen LogP contribution in [-0.2, 0) is 14.2 Å². The van der Waals surface area contributed by atoms with Crippen LogP contribution in [0.3, 0.4) is 0 Å². The van der Waals surface area contributed by atoms with Crippen LogP contribution in [0.1, 0.15) is 32.6 Å². The van der Waals surface area contributed by atoms with Gasteiger partial charge in [-0.1, -0.05) is 0 Å². The topological polar surface area (TPSA) is 64.1 Å². The molecule has 132 valence electrons. The van der Waals surface area contributed by atoms with Gasteiger partial charge in [0.1, 0.15) is 0 Å². The minimum absolute atomic E-state index is 0. The molecule has 0 saturated carbocycles. The van der Waals surface area contributed by atoms with E-state index in [9.17, 15) is 0 Å². The van der Waals surface area contributed by atoms with Crippen molar-refractivity contribution in [2.75, 3.05) is 53.7 Å². The average molecular weight is 429 g/mol. The summed E-state index contributed by atoms with van der Waals surface area (Å²) in [6, 6.07) is 0. The number of nitrogens with one attached hydrogen (secondary N) is 2. The average Bonchev–Trinajstić information content (AvgIpc) is 2.92. The normalized spacial score (nSPS) is 21.5. The van der Waals surface area contributed by atoms with E-state index in [2.05, 4.69) is 22.5 Å². The zero-order valence-corrected chi connectivity index (χ0v) is 16.5. The standard InChI is InChI=1S/C15H31N3O3.HI/c1-15(7-6-10-21-15)13-18-14(16-2)17-8-4-5-9-20-12-11-19-3;/h4-13H2,1-3H3,(H2,16,17,18);1H. The van der Waals surface area contributed by atoms with Crippen molar-refractivity contribution < 1.29 is 14.2 Å². The van der Waals surface area contributed by atoms with Gasteiger partial charge in [0.2, 0.25) is 0 Å². The molecule has 6 nitrogen and oxygen atoms in total. The maximum Gasteiger partial charge on any atom is 0.191 e. The Bertz CT molecular complexity index is 298. The highest BCUT2D eigenvalue weighted by atomic mass is 127. The van der Waals surface area contributed by atoms with Gasteiger partial charge < -0.3 is 24.8 Å². The molecule has 1 fully saturated rings. The second-order valence-electron chi connectivity index (χ2n) is 5.57. The van der Waals surface area contributed by atoms with E-state index in [0.29, 0.717) is 13.2 Å². The number of ether oxygens (including phenoxy) is 3. The Hall–Kier alpha value is -0.120. The van der Waals surface area contributed by atoms with Crippen LogP contribution in [0, 0.1) is 0 Å². The third-order valence-electron chi connectivity index (χ3n) is 3.59. The van der Waals surface area contributed by atoms with Gasteiger partial charge in [-0.3, -0.25) is 4.99 Å².